The van der Waals surface area contributed by atoms with E-state index in [9.17, 15) is 0 Å². The Balaban J connectivity index is 0. The molecule has 0 aromatic carbocycles. The molecule has 0 unspecified atom stereocenters. The van der Waals surface area contributed by atoms with Crippen LogP contribution in [-0.2, 0) is 0 Å². The van der Waals surface area contributed by atoms with E-state index in [1.165, 1.54) is 0 Å². The Morgan fingerprint density at radius 2 is 1.25 bits per heavy atom. The van der Waals surface area contributed by atoms with Crippen molar-refractivity contribution in [3.8, 4) is 0 Å². The van der Waals surface area contributed by atoms with Gasteiger partial charge in [0.2, 0.25) is 0 Å². The van der Waals surface area contributed by atoms with Gasteiger partial charge in [-0.1, -0.05) is 0 Å². The molecule has 0 radical (unpaired) electrons. The highest BCUT2D eigenvalue weighted by atomic mass is 16.3. The molecule has 4 N–H and O–H groups in total. The summed E-state index contributed by atoms with van der Waals surface area (Å²) in [6, 6.07) is 0. The summed E-state index contributed by atoms with van der Waals surface area (Å²) >= 11 is 0. The van der Waals surface area contributed by atoms with Crippen LogP contribution in [0.1, 0.15) is 20.8 Å². The molecular formula is C8H21NO3. The third kappa shape index (κ3) is 52.1. The van der Waals surface area contributed by atoms with Crippen molar-refractivity contribution in [3.05, 3.63) is 0 Å². The van der Waals surface area contributed by atoms with Crippen LogP contribution in [0, 0.1) is 0 Å². The van der Waals surface area contributed by atoms with Crippen LogP contribution in [0.4, 0.5) is 0 Å². The Bertz CT molecular complexity index is 70.9. The quantitative estimate of drug-likeness (QED) is 0.432. The summed E-state index contributed by atoms with van der Waals surface area (Å²) in [6.45, 7) is 6.65. The molecule has 4 nitrogen and oxygen atoms in total. The van der Waals surface area contributed by atoms with Gasteiger partial charge in [0.25, 0.3) is 0 Å². The first-order valence-electron chi connectivity index (χ1n) is 4.06. The standard InChI is InChI=1S/C4H11NO2.C4H10O/c6-3-1-5-2-4-7;1-4(2,3)5/h5-7H,1-4H2;5H,1-3H3. The van der Waals surface area contributed by atoms with Crippen LogP contribution < -0.4 is 5.32 Å². The Labute approximate surface area is 74.2 Å². The number of hydrogen-bond acceptors (Lipinski definition) is 4. The van der Waals surface area contributed by atoms with E-state index in [4.69, 9.17) is 15.3 Å². The largest absolute Gasteiger partial charge is 0.395 e. The summed E-state index contributed by atoms with van der Waals surface area (Å²) in [5.41, 5.74) is -0.500. The molecule has 76 valence electrons. The van der Waals surface area contributed by atoms with Crippen molar-refractivity contribution in [2.75, 3.05) is 26.3 Å². The van der Waals surface area contributed by atoms with Gasteiger partial charge in [-0.3, -0.25) is 0 Å². The van der Waals surface area contributed by atoms with E-state index in [-0.39, 0.29) is 13.2 Å². The topological polar surface area (TPSA) is 72.7 Å². The van der Waals surface area contributed by atoms with E-state index < -0.39 is 5.60 Å². The highest BCUT2D eigenvalue weighted by molar-refractivity contribution is 4.50. The minimum Gasteiger partial charge on any atom is -0.395 e. The van der Waals surface area contributed by atoms with Crippen LogP contribution in [0.15, 0.2) is 0 Å². The van der Waals surface area contributed by atoms with E-state index in [0.717, 1.165) is 0 Å². The highest BCUT2D eigenvalue weighted by Gasteiger charge is 1.97. The fraction of sp³-hybridized carbons (Fsp3) is 1.00. The second-order valence-corrected chi connectivity index (χ2v) is 3.37. The van der Waals surface area contributed by atoms with Crippen molar-refractivity contribution in [1.29, 1.82) is 0 Å². The van der Waals surface area contributed by atoms with E-state index in [0.29, 0.717) is 13.1 Å². The number of rotatable bonds is 4. The lowest BCUT2D eigenvalue weighted by Gasteiger charge is -2.04. The Kier molecular flexibility index (Phi) is 10.7. The smallest absolute Gasteiger partial charge is 0.0563 e. The van der Waals surface area contributed by atoms with Gasteiger partial charge < -0.3 is 20.6 Å². The van der Waals surface area contributed by atoms with Gasteiger partial charge in [-0.15, -0.1) is 0 Å². The average molecular weight is 179 g/mol. The number of aliphatic hydroxyl groups is 3. The van der Waals surface area contributed by atoms with E-state index in [1.807, 2.05) is 0 Å². The summed E-state index contributed by atoms with van der Waals surface area (Å²) in [7, 11) is 0. The van der Waals surface area contributed by atoms with Gasteiger partial charge >= 0.3 is 0 Å². The van der Waals surface area contributed by atoms with Crippen LogP contribution in [0.3, 0.4) is 0 Å². The second kappa shape index (κ2) is 8.93. The SMILES string of the molecule is CC(C)(C)O.OCCNCCO. The monoisotopic (exact) mass is 179 g/mol. The lowest BCUT2D eigenvalue weighted by atomic mass is 10.2. The number of hydrogen-bond donors (Lipinski definition) is 4. The van der Waals surface area contributed by atoms with Crippen LogP contribution >= 0.6 is 0 Å². The Morgan fingerprint density at radius 3 is 1.42 bits per heavy atom. The lowest BCUT2D eigenvalue weighted by Crippen LogP contribution is -2.21. The van der Waals surface area contributed by atoms with Gasteiger partial charge in [-0.2, -0.15) is 0 Å². The summed E-state index contributed by atoms with van der Waals surface area (Å²) in [6.07, 6.45) is 0. The molecule has 0 aliphatic rings. The normalized spacial score (nSPS) is 10.5. The predicted octanol–water partition coefficient (Wildman–Crippen LogP) is -0.662. The van der Waals surface area contributed by atoms with Crippen molar-refractivity contribution in [2.45, 2.75) is 26.4 Å². The molecule has 0 aliphatic heterocycles. The van der Waals surface area contributed by atoms with Crippen LogP contribution in [0.2, 0.25) is 0 Å². The maximum atomic E-state index is 8.52. The zero-order valence-corrected chi connectivity index (χ0v) is 8.17. The molecule has 0 amide bonds. The first-order chi connectivity index (χ1) is 5.41. The molecule has 0 heterocycles. The fourth-order valence-corrected chi connectivity index (χ4v) is 0.283. The summed E-state index contributed by atoms with van der Waals surface area (Å²) in [5.74, 6) is 0. The van der Waals surface area contributed by atoms with Crippen LogP contribution in [-0.4, -0.2) is 47.2 Å². The van der Waals surface area contributed by atoms with Crippen molar-refractivity contribution >= 4 is 0 Å². The van der Waals surface area contributed by atoms with Gasteiger partial charge in [-0.05, 0) is 20.8 Å². The molecule has 0 spiro atoms. The second-order valence-electron chi connectivity index (χ2n) is 3.37. The maximum Gasteiger partial charge on any atom is 0.0563 e. The lowest BCUT2D eigenvalue weighted by molar-refractivity contribution is 0.102. The van der Waals surface area contributed by atoms with Crippen molar-refractivity contribution in [1.82, 2.24) is 5.32 Å². The third-order valence-corrected chi connectivity index (χ3v) is 0.577. The van der Waals surface area contributed by atoms with Crippen molar-refractivity contribution < 1.29 is 15.3 Å². The molecule has 0 aromatic heterocycles. The molecular weight excluding hydrogens is 158 g/mol. The maximum absolute atomic E-state index is 8.52. The fourth-order valence-electron chi connectivity index (χ4n) is 0.283. The summed E-state index contributed by atoms with van der Waals surface area (Å²) < 4.78 is 0. The van der Waals surface area contributed by atoms with Crippen LogP contribution in [0.25, 0.3) is 0 Å². The van der Waals surface area contributed by atoms with Crippen molar-refractivity contribution in [2.24, 2.45) is 0 Å². The highest BCUT2D eigenvalue weighted by Crippen LogP contribution is 1.93. The molecule has 0 saturated carbocycles. The molecule has 0 bridgehead atoms. The van der Waals surface area contributed by atoms with Gasteiger partial charge in [0.05, 0.1) is 18.8 Å². The van der Waals surface area contributed by atoms with E-state index >= 15 is 0 Å². The third-order valence-electron chi connectivity index (χ3n) is 0.577. The molecule has 0 aromatic rings. The Hall–Kier alpha value is -0.160. The van der Waals surface area contributed by atoms with Gasteiger partial charge in [-0.25, -0.2) is 0 Å². The average Bonchev–Trinajstić information content (AvgIpc) is 1.85. The number of nitrogens with one attached hydrogen (secondary N) is 1. The molecule has 12 heavy (non-hydrogen) atoms. The molecule has 0 fully saturated rings. The van der Waals surface area contributed by atoms with Gasteiger partial charge in [0.1, 0.15) is 0 Å². The van der Waals surface area contributed by atoms with Gasteiger partial charge in [0.15, 0.2) is 0 Å². The minimum absolute atomic E-state index is 0.139. The zero-order chi connectivity index (χ0) is 10.0. The molecule has 0 saturated heterocycles. The molecule has 0 aliphatic carbocycles. The molecule has 0 atom stereocenters. The molecule has 4 heteroatoms. The van der Waals surface area contributed by atoms with Crippen molar-refractivity contribution in [3.63, 3.8) is 0 Å². The zero-order valence-electron chi connectivity index (χ0n) is 8.17. The minimum atomic E-state index is -0.500. The summed E-state index contributed by atoms with van der Waals surface area (Å²) in [4.78, 5) is 0. The molecule has 0 rings (SSSR count). The first kappa shape index (κ1) is 14.4. The summed E-state index contributed by atoms with van der Waals surface area (Å²) in [5, 5.41) is 27.6. The first-order valence-corrected chi connectivity index (χ1v) is 4.06. The predicted molar refractivity (Wildman–Crippen MR) is 49.0 cm³/mol. The Morgan fingerprint density at radius 1 is 1.00 bits per heavy atom. The van der Waals surface area contributed by atoms with E-state index in [2.05, 4.69) is 5.32 Å². The van der Waals surface area contributed by atoms with Crippen LogP contribution in [0.5, 0.6) is 0 Å². The van der Waals surface area contributed by atoms with Gasteiger partial charge in [0, 0.05) is 13.1 Å². The number of aliphatic hydroxyl groups excluding tert-OH is 2. The van der Waals surface area contributed by atoms with E-state index in [1.54, 1.807) is 20.8 Å².